The van der Waals surface area contributed by atoms with Crippen LogP contribution in [0, 0.1) is 23.7 Å². The molecule has 5 rings (SSSR count). The van der Waals surface area contributed by atoms with Gasteiger partial charge in [-0.25, -0.2) is 14.6 Å². The third kappa shape index (κ3) is 5.13. The predicted molar refractivity (Wildman–Crippen MR) is 132 cm³/mol. The van der Waals surface area contributed by atoms with Crippen LogP contribution in [0.5, 0.6) is 0 Å². The van der Waals surface area contributed by atoms with Gasteiger partial charge in [0, 0.05) is 25.4 Å². The smallest absolute Gasteiger partial charge is 0.409 e. The summed E-state index contributed by atoms with van der Waals surface area (Å²) in [6.45, 7) is 12.5. The Kier molecular flexibility index (Phi) is 8.77. The van der Waals surface area contributed by atoms with Crippen molar-refractivity contribution in [2.45, 2.75) is 109 Å². The number of carbonyl (C=O) groups excluding carboxylic acids is 1. The van der Waals surface area contributed by atoms with Crippen LogP contribution in [0.15, 0.2) is 0 Å². The summed E-state index contributed by atoms with van der Waals surface area (Å²) in [6.07, 6.45) is 8.04. The van der Waals surface area contributed by atoms with Gasteiger partial charge in [0.2, 0.25) is 5.79 Å². The Morgan fingerprint density at radius 2 is 1.79 bits per heavy atom. The van der Waals surface area contributed by atoms with E-state index in [-0.39, 0.29) is 17.8 Å². The summed E-state index contributed by atoms with van der Waals surface area (Å²) >= 11 is 1.92. The Labute approximate surface area is 209 Å². The first-order valence-corrected chi connectivity index (χ1v) is 14.6. The van der Waals surface area contributed by atoms with Crippen molar-refractivity contribution in [3.8, 4) is 0 Å². The molecule has 8 heteroatoms. The van der Waals surface area contributed by atoms with Gasteiger partial charge in [0.25, 0.3) is 0 Å². The first kappa shape index (κ1) is 26.5. The van der Waals surface area contributed by atoms with E-state index in [1.54, 1.807) is 4.90 Å². The Bertz CT molecular complexity index is 692. The zero-order valence-electron chi connectivity index (χ0n) is 21.8. The van der Waals surface area contributed by atoms with E-state index in [0.717, 1.165) is 50.7 Å². The highest BCUT2D eigenvalue weighted by molar-refractivity contribution is 7.99. The second-order valence-corrected chi connectivity index (χ2v) is 12.1. The molecule has 0 aromatic rings. The topological polar surface area (TPSA) is 66.5 Å². The Morgan fingerprint density at radius 1 is 1.03 bits per heavy atom. The second-order valence-electron chi connectivity index (χ2n) is 10.8. The molecule has 7 nitrogen and oxygen atoms in total. The summed E-state index contributed by atoms with van der Waals surface area (Å²) < 4.78 is 18.5. The van der Waals surface area contributed by atoms with Crippen LogP contribution in [-0.4, -0.2) is 59.6 Å². The lowest BCUT2D eigenvalue weighted by molar-refractivity contribution is -0.568. The number of unbranched alkanes of at least 4 members (excludes halogenated alkanes) is 3. The van der Waals surface area contributed by atoms with Gasteiger partial charge in [0.05, 0.1) is 6.61 Å². The lowest BCUT2D eigenvalue weighted by atomic mass is 9.58. The van der Waals surface area contributed by atoms with E-state index in [0.29, 0.717) is 43.4 Å². The van der Waals surface area contributed by atoms with Gasteiger partial charge < -0.3 is 19.1 Å². The SMILES string of the molecule is CCN(CC)C(=O)OCCCCCCS[C@@H]1O[C@@H]2OC3(C)CC[C@H]4[C@H](C)CC[C@@H]([C@H]1C)[C@@]24OO3. The normalized spacial score (nSPS) is 41.0. The summed E-state index contributed by atoms with van der Waals surface area (Å²) in [5.74, 6) is 2.16. The van der Waals surface area contributed by atoms with Gasteiger partial charge in [0.15, 0.2) is 11.9 Å². The lowest BCUT2D eigenvalue weighted by Crippen LogP contribution is -2.70. The second kappa shape index (κ2) is 11.2. The predicted octanol–water partition coefficient (Wildman–Crippen LogP) is 5.97. The van der Waals surface area contributed by atoms with Crippen molar-refractivity contribution in [2.75, 3.05) is 25.4 Å². The number of thioether (sulfide) groups is 1. The maximum Gasteiger partial charge on any atom is 0.409 e. The number of hydrogen-bond acceptors (Lipinski definition) is 7. The average molecular weight is 500 g/mol. The van der Waals surface area contributed by atoms with Crippen molar-refractivity contribution in [3.05, 3.63) is 0 Å². The standard InChI is InChI=1S/C26H45NO6S/c1-6-27(7-2)24(28)29-16-10-8-9-11-17-34-22-19(4)21-13-12-18(3)20-14-15-25(5)31-23(30-22)26(20,21)33-32-25/h18-23H,6-17H2,1-5H3/t18-,19-,20+,21+,22+,23-,25?,26-/m1/s1. The summed E-state index contributed by atoms with van der Waals surface area (Å²) in [5.41, 5.74) is -0.344. The third-order valence-corrected chi connectivity index (χ3v) is 10.1. The fraction of sp³-hybridized carbons (Fsp3) is 0.962. The van der Waals surface area contributed by atoms with Crippen LogP contribution in [-0.2, 0) is 24.0 Å². The molecule has 1 saturated carbocycles. The molecule has 1 amide bonds. The van der Waals surface area contributed by atoms with Crippen LogP contribution >= 0.6 is 11.8 Å². The van der Waals surface area contributed by atoms with E-state index >= 15 is 0 Å². The Hall–Kier alpha value is -0.540. The van der Waals surface area contributed by atoms with Crippen molar-refractivity contribution in [3.63, 3.8) is 0 Å². The Balaban J connectivity index is 1.23. The largest absolute Gasteiger partial charge is 0.449 e. The fourth-order valence-corrected chi connectivity index (χ4v) is 7.83. The lowest BCUT2D eigenvalue weighted by Gasteiger charge is -2.60. The molecule has 0 N–H and O–H groups in total. The van der Waals surface area contributed by atoms with Gasteiger partial charge in [-0.2, -0.15) is 0 Å². The molecule has 1 unspecified atom stereocenters. The van der Waals surface area contributed by atoms with Gasteiger partial charge in [-0.3, -0.25) is 0 Å². The molecule has 0 aromatic carbocycles. The first-order chi connectivity index (χ1) is 16.3. The highest BCUT2D eigenvalue weighted by Crippen LogP contribution is 2.61. The number of carbonyl (C=O) groups is 1. The van der Waals surface area contributed by atoms with E-state index in [1.165, 1.54) is 6.42 Å². The minimum Gasteiger partial charge on any atom is -0.449 e. The van der Waals surface area contributed by atoms with E-state index in [2.05, 4.69) is 13.8 Å². The van der Waals surface area contributed by atoms with Crippen molar-refractivity contribution < 1.29 is 28.8 Å². The van der Waals surface area contributed by atoms with Crippen molar-refractivity contribution in [1.82, 2.24) is 4.90 Å². The summed E-state index contributed by atoms with van der Waals surface area (Å²) in [4.78, 5) is 25.7. The minimum absolute atomic E-state index is 0.122. The number of nitrogens with zero attached hydrogens (tertiary/aromatic N) is 1. The van der Waals surface area contributed by atoms with Crippen molar-refractivity contribution >= 4 is 17.9 Å². The van der Waals surface area contributed by atoms with Gasteiger partial charge in [-0.15, -0.1) is 11.8 Å². The molecule has 4 heterocycles. The maximum absolute atomic E-state index is 11.9. The molecular formula is C26H45NO6S. The van der Waals surface area contributed by atoms with E-state index in [1.807, 2.05) is 32.5 Å². The number of amides is 1. The monoisotopic (exact) mass is 499 g/mol. The van der Waals surface area contributed by atoms with Crippen LogP contribution < -0.4 is 0 Å². The van der Waals surface area contributed by atoms with Crippen LogP contribution in [0.4, 0.5) is 4.79 Å². The first-order valence-electron chi connectivity index (χ1n) is 13.6. The molecule has 0 radical (unpaired) electrons. The summed E-state index contributed by atoms with van der Waals surface area (Å²) in [6, 6.07) is 0. The number of ether oxygens (including phenoxy) is 3. The van der Waals surface area contributed by atoms with Crippen molar-refractivity contribution in [1.29, 1.82) is 0 Å². The number of rotatable bonds is 10. The van der Waals surface area contributed by atoms with Crippen LogP contribution in [0.2, 0.25) is 0 Å². The quantitative estimate of drug-likeness (QED) is 0.271. The molecule has 8 atom stereocenters. The third-order valence-electron chi connectivity index (χ3n) is 8.67. The molecule has 2 bridgehead atoms. The van der Waals surface area contributed by atoms with E-state index in [4.69, 9.17) is 24.0 Å². The average Bonchev–Trinajstić information content (AvgIpc) is 3.05. The molecule has 4 saturated heterocycles. The summed E-state index contributed by atoms with van der Waals surface area (Å²) in [7, 11) is 0. The number of fused-ring (bicyclic) bond motifs is 2. The van der Waals surface area contributed by atoms with Gasteiger partial charge in [0.1, 0.15) is 5.44 Å². The minimum atomic E-state index is -0.706. The van der Waals surface area contributed by atoms with Gasteiger partial charge in [-0.1, -0.05) is 26.7 Å². The molecule has 4 aliphatic heterocycles. The summed E-state index contributed by atoms with van der Waals surface area (Å²) in [5, 5.41) is 0. The van der Waals surface area contributed by atoms with Crippen molar-refractivity contribution in [2.24, 2.45) is 23.7 Å². The molecule has 1 aliphatic carbocycles. The molecule has 196 valence electrons. The molecular weight excluding hydrogens is 454 g/mol. The molecule has 5 aliphatic rings. The Morgan fingerprint density at radius 3 is 2.56 bits per heavy atom. The fourth-order valence-electron chi connectivity index (χ4n) is 6.55. The maximum atomic E-state index is 11.9. The molecule has 1 spiro atoms. The zero-order chi connectivity index (χ0) is 24.3. The van der Waals surface area contributed by atoms with Crippen LogP contribution in [0.25, 0.3) is 0 Å². The highest BCUT2D eigenvalue weighted by Gasteiger charge is 2.69. The highest BCUT2D eigenvalue weighted by atomic mass is 32.2. The van der Waals surface area contributed by atoms with Gasteiger partial charge >= 0.3 is 6.09 Å². The number of hydrogen-bond donors (Lipinski definition) is 0. The van der Waals surface area contributed by atoms with Crippen LogP contribution in [0.1, 0.15) is 86.0 Å². The zero-order valence-corrected chi connectivity index (χ0v) is 22.6. The van der Waals surface area contributed by atoms with Crippen LogP contribution in [0.3, 0.4) is 0 Å². The molecule has 0 aromatic heterocycles. The molecule has 34 heavy (non-hydrogen) atoms. The van der Waals surface area contributed by atoms with Gasteiger partial charge in [-0.05, 0) is 76.4 Å². The molecule has 5 fully saturated rings. The van der Waals surface area contributed by atoms with E-state index < -0.39 is 11.4 Å². The van der Waals surface area contributed by atoms with E-state index in [9.17, 15) is 4.79 Å².